The van der Waals surface area contributed by atoms with Crippen LogP contribution in [-0.2, 0) is 9.53 Å². The normalized spacial score (nSPS) is 27.1. The number of rotatable bonds is 8. The summed E-state index contributed by atoms with van der Waals surface area (Å²) in [6, 6.07) is 0. The average molecular weight is 257 g/mol. The Morgan fingerprint density at radius 2 is 2.17 bits per heavy atom. The molecule has 1 fully saturated rings. The van der Waals surface area contributed by atoms with Gasteiger partial charge in [-0.1, -0.05) is 6.92 Å². The molecule has 0 unspecified atom stereocenters. The van der Waals surface area contributed by atoms with Crippen molar-refractivity contribution in [1.82, 2.24) is 10.2 Å². The standard InChI is InChI=1S/C13H27N3O2/c1-11-8-13(9-11,10-14)12(17)15-4-5-16(2)6-7-18-3/h11H,4-10,14H2,1-3H3,(H,15,17). The Morgan fingerprint density at radius 3 is 2.67 bits per heavy atom. The average Bonchev–Trinajstić information content (AvgIpc) is 2.31. The molecular formula is C13H27N3O2. The Kier molecular flexibility index (Phi) is 6.05. The van der Waals surface area contributed by atoms with Crippen LogP contribution in [0.5, 0.6) is 0 Å². The fourth-order valence-corrected chi connectivity index (χ4v) is 2.63. The number of methoxy groups -OCH3 is 1. The van der Waals surface area contributed by atoms with Crippen LogP contribution in [0.25, 0.3) is 0 Å². The molecule has 5 nitrogen and oxygen atoms in total. The van der Waals surface area contributed by atoms with E-state index in [-0.39, 0.29) is 11.3 Å². The first-order valence-corrected chi connectivity index (χ1v) is 6.70. The first kappa shape index (κ1) is 15.4. The van der Waals surface area contributed by atoms with Gasteiger partial charge in [-0.25, -0.2) is 0 Å². The molecule has 1 amide bonds. The summed E-state index contributed by atoms with van der Waals surface area (Å²) in [5.41, 5.74) is 5.45. The first-order chi connectivity index (χ1) is 8.54. The van der Waals surface area contributed by atoms with Crippen LogP contribution < -0.4 is 11.1 Å². The lowest BCUT2D eigenvalue weighted by atomic mass is 9.62. The zero-order chi connectivity index (χ0) is 13.6. The molecule has 1 aliphatic carbocycles. The van der Waals surface area contributed by atoms with Gasteiger partial charge in [0.05, 0.1) is 12.0 Å². The molecule has 0 aromatic carbocycles. The summed E-state index contributed by atoms with van der Waals surface area (Å²) in [6.07, 6.45) is 1.85. The molecule has 0 aromatic heterocycles. The Hall–Kier alpha value is -0.650. The van der Waals surface area contributed by atoms with Gasteiger partial charge in [0, 0.05) is 33.3 Å². The zero-order valence-electron chi connectivity index (χ0n) is 11.9. The third-order valence-corrected chi connectivity index (χ3v) is 3.81. The van der Waals surface area contributed by atoms with E-state index in [1.54, 1.807) is 7.11 Å². The number of nitrogens with two attached hydrogens (primary N) is 1. The summed E-state index contributed by atoms with van der Waals surface area (Å²) < 4.78 is 5.00. The fourth-order valence-electron chi connectivity index (χ4n) is 2.63. The Morgan fingerprint density at radius 1 is 1.50 bits per heavy atom. The first-order valence-electron chi connectivity index (χ1n) is 6.70. The molecule has 18 heavy (non-hydrogen) atoms. The number of ether oxygens (including phenoxy) is 1. The van der Waals surface area contributed by atoms with E-state index in [1.807, 2.05) is 7.05 Å². The molecule has 0 heterocycles. The minimum atomic E-state index is -0.287. The lowest BCUT2D eigenvalue weighted by molar-refractivity contribution is -0.138. The maximum absolute atomic E-state index is 12.1. The number of likely N-dealkylation sites (N-methyl/N-ethyl adjacent to an activating group) is 1. The van der Waals surface area contributed by atoms with Crippen molar-refractivity contribution in [2.45, 2.75) is 19.8 Å². The SMILES string of the molecule is COCCN(C)CCNC(=O)C1(CN)CC(C)C1. The number of hydrogen-bond acceptors (Lipinski definition) is 4. The van der Waals surface area contributed by atoms with Gasteiger partial charge in [-0.3, -0.25) is 4.79 Å². The molecule has 0 bridgehead atoms. The summed E-state index contributed by atoms with van der Waals surface area (Å²) in [7, 11) is 3.72. The molecule has 0 spiro atoms. The van der Waals surface area contributed by atoms with Crippen molar-refractivity contribution >= 4 is 5.91 Å². The summed E-state index contributed by atoms with van der Waals surface area (Å²) in [5, 5.41) is 3.00. The van der Waals surface area contributed by atoms with Crippen LogP contribution in [0.15, 0.2) is 0 Å². The summed E-state index contributed by atoms with van der Waals surface area (Å²) in [4.78, 5) is 14.2. The largest absolute Gasteiger partial charge is 0.383 e. The molecule has 106 valence electrons. The minimum absolute atomic E-state index is 0.128. The van der Waals surface area contributed by atoms with Gasteiger partial charge in [0.1, 0.15) is 0 Å². The topological polar surface area (TPSA) is 67.6 Å². The minimum Gasteiger partial charge on any atom is -0.383 e. The van der Waals surface area contributed by atoms with Gasteiger partial charge < -0.3 is 20.7 Å². The van der Waals surface area contributed by atoms with Gasteiger partial charge in [0.15, 0.2) is 0 Å². The number of hydrogen-bond donors (Lipinski definition) is 2. The molecule has 3 N–H and O–H groups in total. The Labute approximate surface area is 110 Å². The van der Waals surface area contributed by atoms with Crippen molar-refractivity contribution in [3.63, 3.8) is 0 Å². The summed E-state index contributed by atoms with van der Waals surface area (Å²) in [6.45, 7) is 5.74. The quantitative estimate of drug-likeness (QED) is 0.645. The fraction of sp³-hybridized carbons (Fsp3) is 0.923. The van der Waals surface area contributed by atoms with Crippen molar-refractivity contribution in [3.8, 4) is 0 Å². The van der Waals surface area contributed by atoms with Crippen LogP contribution in [0, 0.1) is 11.3 Å². The molecule has 0 atom stereocenters. The highest BCUT2D eigenvalue weighted by Crippen LogP contribution is 2.44. The number of amides is 1. The van der Waals surface area contributed by atoms with Crippen LogP contribution in [0.3, 0.4) is 0 Å². The zero-order valence-corrected chi connectivity index (χ0v) is 11.9. The molecule has 1 rings (SSSR count). The van der Waals surface area contributed by atoms with Crippen LogP contribution >= 0.6 is 0 Å². The number of nitrogens with zero attached hydrogens (tertiary/aromatic N) is 1. The lowest BCUT2D eigenvalue weighted by Crippen LogP contribution is -2.54. The van der Waals surface area contributed by atoms with Crippen LogP contribution in [0.2, 0.25) is 0 Å². The third-order valence-electron chi connectivity index (χ3n) is 3.81. The van der Waals surface area contributed by atoms with Crippen molar-refractivity contribution in [1.29, 1.82) is 0 Å². The van der Waals surface area contributed by atoms with Crippen molar-refractivity contribution in [2.24, 2.45) is 17.1 Å². The van der Waals surface area contributed by atoms with Gasteiger partial charge in [-0.15, -0.1) is 0 Å². The molecular weight excluding hydrogens is 230 g/mol. The van der Waals surface area contributed by atoms with Gasteiger partial charge in [-0.05, 0) is 25.8 Å². The van der Waals surface area contributed by atoms with E-state index in [0.717, 1.165) is 25.9 Å². The highest BCUT2D eigenvalue weighted by atomic mass is 16.5. The van der Waals surface area contributed by atoms with E-state index in [4.69, 9.17) is 10.5 Å². The summed E-state index contributed by atoms with van der Waals surface area (Å²) >= 11 is 0. The van der Waals surface area contributed by atoms with E-state index in [0.29, 0.717) is 25.6 Å². The van der Waals surface area contributed by atoms with E-state index in [2.05, 4.69) is 17.1 Å². The number of carbonyl (C=O) groups excluding carboxylic acids is 1. The second-order valence-electron chi connectivity index (χ2n) is 5.55. The third kappa shape index (κ3) is 3.93. The molecule has 0 aromatic rings. The number of nitrogens with one attached hydrogen (secondary N) is 1. The molecule has 5 heteroatoms. The van der Waals surface area contributed by atoms with Gasteiger partial charge in [0.2, 0.25) is 5.91 Å². The molecule has 1 aliphatic rings. The smallest absolute Gasteiger partial charge is 0.227 e. The predicted molar refractivity (Wildman–Crippen MR) is 72.3 cm³/mol. The summed E-state index contributed by atoms with van der Waals surface area (Å²) in [5.74, 6) is 0.756. The molecule has 1 saturated carbocycles. The van der Waals surface area contributed by atoms with Gasteiger partial charge in [0.25, 0.3) is 0 Å². The van der Waals surface area contributed by atoms with E-state index in [9.17, 15) is 4.79 Å². The second kappa shape index (κ2) is 7.07. The number of carbonyl (C=O) groups is 1. The van der Waals surface area contributed by atoms with Crippen molar-refractivity contribution in [2.75, 3.05) is 46.9 Å². The maximum Gasteiger partial charge on any atom is 0.227 e. The van der Waals surface area contributed by atoms with Crippen LogP contribution in [0.4, 0.5) is 0 Å². The van der Waals surface area contributed by atoms with Gasteiger partial charge in [-0.2, -0.15) is 0 Å². The van der Waals surface area contributed by atoms with E-state index in [1.165, 1.54) is 0 Å². The van der Waals surface area contributed by atoms with E-state index >= 15 is 0 Å². The van der Waals surface area contributed by atoms with Crippen LogP contribution in [0.1, 0.15) is 19.8 Å². The van der Waals surface area contributed by atoms with Crippen molar-refractivity contribution < 1.29 is 9.53 Å². The van der Waals surface area contributed by atoms with Crippen LogP contribution in [-0.4, -0.2) is 57.8 Å². The molecule has 0 saturated heterocycles. The maximum atomic E-state index is 12.1. The highest BCUT2D eigenvalue weighted by Gasteiger charge is 2.46. The molecule has 0 aliphatic heterocycles. The predicted octanol–water partition coefficient (Wildman–Crippen LogP) is 0.0558. The highest BCUT2D eigenvalue weighted by molar-refractivity contribution is 5.83. The monoisotopic (exact) mass is 257 g/mol. The van der Waals surface area contributed by atoms with Crippen molar-refractivity contribution in [3.05, 3.63) is 0 Å². The molecule has 0 radical (unpaired) electrons. The Bertz CT molecular complexity index is 265. The van der Waals surface area contributed by atoms with Gasteiger partial charge >= 0.3 is 0 Å². The second-order valence-corrected chi connectivity index (χ2v) is 5.55. The lowest BCUT2D eigenvalue weighted by Gasteiger charge is -2.44. The van der Waals surface area contributed by atoms with E-state index < -0.39 is 0 Å². The Balaban J connectivity index is 2.21.